The Hall–Kier alpha value is -2.48. The lowest BCUT2D eigenvalue weighted by Crippen LogP contribution is -2.39. The van der Waals surface area contributed by atoms with Crippen molar-refractivity contribution < 1.29 is 22.7 Å². The number of nitrogens with one attached hydrogen (secondary N) is 1. The van der Waals surface area contributed by atoms with E-state index in [-0.39, 0.29) is 4.91 Å². The molecule has 1 amide bonds. The fraction of sp³-hybridized carbons (Fsp3) is 0.476. The fourth-order valence-corrected chi connectivity index (χ4v) is 5.33. The van der Waals surface area contributed by atoms with E-state index in [1.54, 1.807) is 19.1 Å². The Morgan fingerprint density at radius 1 is 1.17 bits per heavy atom. The molecule has 7 nitrogen and oxygen atoms in total. The topological polar surface area (TPSA) is 84.9 Å². The molecule has 0 unspecified atom stereocenters. The van der Waals surface area contributed by atoms with Crippen LogP contribution in [0.15, 0.2) is 28.7 Å². The standard InChI is InChI=1S/C21H28N2O5S/c1-14-16-12-18(27-3)19(28-4)13-17(16)23(2)29(25,26)20(14)21(24)22-11-10-15-8-6-5-7-9-15/h8,12-13H,5-7,9-11H2,1-4H3,(H,22,24). The second kappa shape index (κ2) is 8.49. The molecule has 0 bridgehead atoms. The van der Waals surface area contributed by atoms with Crippen molar-refractivity contribution in [1.82, 2.24) is 5.32 Å². The Bertz CT molecular complexity index is 979. The summed E-state index contributed by atoms with van der Waals surface area (Å²) in [5, 5.41) is 2.79. The van der Waals surface area contributed by atoms with Crippen LogP contribution in [0, 0.1) is 0 Å². The molecule has 8 heteroatoms. The predicted molar refractivity (Wildman–Crippen MR) is 114 cm³/mol. The van der Waals surface area contributed by atoms with Crippen LogP contribution in [0.5, 0.6) is 11.5 Å². The first-order valence-electron chi connectivity index (χ1n) is 9.73. The summed E-state index contributed by atoms with van der Waals surface area (Å²) >= 11 is 0. The number of anilines is 1. The van der Waals surface area contributed by atoms with Gasteiger partial charge in [0.25, 0.3) is 15.9 Å². The summed E-state index contributed by atoms with van der Waals surface area (Å²) in [6.45, 7) is 2.06. The smallest absolute Gasteiger partial charge is 0.269 e. The van der Waals surface area contributed by atoms with Crippen molar-refractivity contribution in [3.05, 3.63) is 34.3 Å². The molecule has 3 rings (SSSR count). The number of fused-ring (bicyclic) bond motifs is 1. The van der Waals surface area contributed by atoms with Crippen molar-refractivity contribution in [3.63, 3.8) is 0 Å². The Kier molecular flexibility index (Phi) is 6.21. The van der Waals surface area contributed by atoms with Gasteiger partial charge in [0, 0.05) is 25.2 Å². The number of sulfonamides is 1. The van der Waals surface area contributed by atoms with E-state index < -0.39 is 15.9 Å². The highest BCUT2D eigenvalue weighted by molar-refractivity contribution is 7.97. The minimum atomic E-state index is -3.97. The third-order valence-corrected chi connectivity index (χ3v) is 7.45. The average molecular weight is 421 g/mol. The highest BCUT2D eigenvalue weighted by Crippen LogP contribution is 2.44. The molecule has 0 radical (unpaired) electrons. The maximum atomic E-state index is 13.1. The molecule has 1 heterocycles. The van der Waals surface area contributed by atoms with Crippen LogP contribution >= 0.6 is 0 Å². The molecule has 0 atom stereocenters. The van der Waals surface area contributed by atoms with Crippen LogP contribution in [0.25, 0.3) is 5.57 Å². The second-order valence-corrected chi connectivity index (χ2v) is 9.17. The molecule has 0 fully saturated rings. The number of carbonyl (C=O) groups is 1. The number of ether oxygens (including phenoxy) is 2. The third kappa shape index (κ3) is 3.99. The maximum Gasteiger partial charge on any atom is 0.269 e. The van der Waals surface area contributed by atoms with E-state index >= 15 is 0 Å². The fourth-order valence-electron chi connectivity index (χ4n) is 3.85. The predicted octanol–water partition coefficient (Wildman–Crippen LogP) is 3.22. The second-order valence-electron chi connectivity index (χ2n) is 7.27. The number of amides is 1. The van der Waals surface area contributed by atoms with E-state index in [1.165, 1.54) is 39.7 Å². The lowest BCUT2D eigenvalue weighted by molar-refractivity contribution is -0.116. The summed E-state index contributed by atoms with van der Waals surface area (Å²) in [7, 11) is 0.468. The average Bonchev–Trinajstić information content (AvgIpc) is 2.72. The minimum absolute atomic E-state index is 0.225. The van der Waals surface area contributed by atoms with Gasteiger partial charge in [-0.1, -0.05) is 11.6 Å². The third-order valence-electron chi connectivity index (χ3n) is 5.53. The van der Waals surface area contributed by atoms with Crippen molar-refractivity contribution in [1.29, 1.82) is 0 Å². The molecule has 1 N–H and O–H groups in total. The van der Waals surface area contributed by atoms with Gasteiger partial charge in [-0.25, -0.2) is 8.42 Å². The first-order chi connectivity index (χ1) is 13.8. The SMILES string of the molecule is COc1cc2c(cc1OC)N(C)S(=O)(=O)C(C(=O)NCCC1=CCCCC1)=C2C. The molecule has 0 saturated heterocycles. The number of hydrogen-bond donors (Lipinski definition) is 1. The summed E-state index contributed by atoms with van der Waals surface area (Å²) in [5.74, 6) is 0.322. The summed E-state index contributed by atoms with van der Waals surface area (Å²) in [5.41, 5.74) is 2.80. The van der Waals surface area contributed by atoms with Gasteiger partial charge < -0.3 is 14.8 Å². The van der Waals surface area contributed by atoms with Gasteiger partial charge in [0.05, 0.1) is 19.9 Å². The summed E-state index contributed by atoms with van der Waals surface area (Å²) in [6, 6.07) is 3.31. The van der Waals surface area contributed by atoms with Gasteiger partial charge in [-0.3, -0.25) is 9.10 Å². The van der Waals surface area contributed by atoms with Crippen LogP contribution in [0.3, 0.4) is 0 Å². The number of rotatable bonds is 6. The summed E-state index contributed by atoms with van der Waals surface area (Å²) < 4.78 is 37.9. The van der Waals surface area contributed by atoms with E-state index in [9.17, 15) is 13.2 Å². The molecule has 1 aromatic rings. The molecule has 2 aliphatic rings. The zero-order valence-electron chi connectivity index (χ0n) is 17.4. The van der Waals surface area contributed by atoms with E-state index in [0.717, 1.165) is 23.6 Å². The Morgan fingerprint density at radius 2 is 1.86 bits per heavy atom. The van der Waals surface area contributed by atoms with Crippen molar-refractivity contribution in [2.24, 2.45) is 0 Å². The highest BCUT2D eigenvalue weighted by atomic mass is 32.2. The van der Waals surface area contributed by atoms with E-state index in [2.05, 4.69) is 11.4 Å². The monoisotopic (exact) mass is 420 g/mol. The Balaban J connectivity index is 1.92. The normalized spacial score (nSPS) is 18.1. The number of carbonyl (C=O) groups excluding carboxylic acids is 1. The Morgan fingerprint density at radius 3 is 2.48 bits per heavy atom. The lowest BCUT2D eigenvalue weighted by atomic mass is 9.97. The molecule has 0 saturated carbocycles. The zero-order valence-corrected chi connectivity index (χ0v) is 18.2. The molecule has 0 spiro atoms. The van der Waals surface area contributed by atoms with Crippen LogP contribution in [-0.4, -0.2) is 42.1 Å². The molecule has 29 heavy (non-hydrogen) atoms. The number of nitrogens with zero attached hydrogens (tertiary/aromatic N) is 1. The molecule has 1 aliphatic carbocycles. The van der Waals surface area contributed by atoms with E-state index in [1.807, 2.05) is 0 Å². The number of allylic oxidation sites excluding steroid dienone is 2. The molecular formula is C21H28N2O5S. The molecule has 0 aromatic heterocycles. The van der Waals surface area contributed by atoms with Gasteiger partial charge in [-0.05, 0) is 50.7 Å². The first kappa shape index (κ1) is 21.2. The van der Waals surface area contributed by atoms with Gasteiger partial charge >= 0.3 is 0 Å². The zero-order chi connectivity index (χ0) is 21.2. The molecule has 1 aromatic carbocycles. The maximum absolute atomic E-state index is 13.1. The van der Waals surface area contributed by atoms with Gasteiger partial charge in [0.15, 0.2) is 16.4 Å². The van der Waals surface area contributed by atoms with Crippen LogP contribution in [-0.2, 0) is 14.8 Å². The van der Waals surface area contributed by atoms with Crippen LogP contribution in [0.1, 0.15) is 44.6 Å². The minimum Gasteiger partial charge on any atom is -0.493 e. The molecule has 158 valence electrons. The molecular weight excluding hydrogens is 392 g/mol. The Labute approximate surface area is 172 Å². The van der Waals surface area contributed by atoms with Crippen LogP contribution in [0.2, 0.25) is 0 Å². The van der Waals surface area contributed by atoms with Crippen LogP contribution < -0.4 is 19.1 Å². The highest BCUT2D eigenvalue weighted by Gasteiger charge is 2.38. The number of methoxy groups -OCH3 is 2. The van der Waals surface area contributed by atoms with E-state index in [0.29, 0.717) is 34.9 Å². The van der Waals surface area contributed by atoms with Crippen molar-refractivity contribution in [2.75, 3.05) is 32.1 Å². The van der Waals surface area contributed by atoms with Crippen molar-refractivity contribution >= 4 is 27.2 Å². The number of benzene rings is 1. The molecule has 1 aliphatic heterocycles. The van der Waals surface area contributed by atoms with Gasteiger partial charge in [-0.2, -0.15) is 0 Å². The largest absolute Gasteiger partial charge is 0.493 e. The van der Waals surface area contributed by atoms with Crippen molar-refractivity contribution in [3.8, 4) is 11.5 Å². The van der Waals surface area contributed by atoms with Crippen LogP contribution in [0.4, 0.5) is 5.69 Å². The van der Waals surface area contributed by atoms with Gasteiger partial charge in [0.1, 0.15) is 0 Å². The lowest BCUT2D eigenvalue weighted by Gasteiger charge is -2.30. The first-order valence-corrected chi connectivity index (χ1v) is 11.2. The summed E-state index contributed by atoms with van der Waals surface area (Å²) in [4.78, 5) is 12.6. The quantitative estimate of drug-likeness (QED) is 0.715. The van der Waals surface area contributed by atoms with Gasteiger partial charge in [-0.15, -0.1) is 0 Å². The van der Waals surface area contributed by atoms with Crippen molar-refractivity contribution in [2.45, 2.75) is 39.0 Å². The summed E-state index contributed by atoms with van der Waals surface area (Å²) in [6.07, 6.45) is 7.48. The number of hydrogen-bond acceptors (Lipinski definition) is 5. The van der Waals surface area contributed by atoms with Gasteiger partial charge in [0.2, 0.25) is 0 Å². The van der Waals surface area contributed by atoms with E-state index in [4.69, 9.17) is 9.47 Å².